The lowest BCUT2D eigenvalue weighted by Crippen LogP contribution is -1.91. The van der Waals surface area contributed by atoms with Gasteiger partial charge < -0.3 is 10.2 Å². The van der Waals surface area contributed by atoms with Gasteiger partial charge in [0.25, 0.3) is 0 Å². The van der Waals surface area contributed by atoms with Crippen LogP contribution in [-0.4, -0.2) is 24.8 Å². The molecule has 0 saturated carbocycles. The molecule has 2 N–H and O–H groups in total. The van der Waals surface area contributed by atoms with E-state index >= 15 is 0 Å². The summed E-state index contributed by atoms with van der Waals surface area (Å²) in [7, 11) is 0. The first-order valence-electron chi connectivity index (χ1n) is 5.07. The fourth-order valence-corrected chi connectivity index (χ4v) is 1.66. The number of fused-ring (bicyclic) bond motifs is 1. The fraction of sp³-hybridized carbons (Fsp3) is 0. The van der Waals surface area contributed by atoms with Gasteiger partial charge in [0.1, 0.15) is 0 Å². The van der Waals surface area contributed by atoms with Crippen LogP contribution in [0.5, 0.6) is 11.5 Å². The molecule has 0 bridgehead atoms. The van der Waals surface area contributed by atoms with E-state index in [1.54, 1.807) is 35.1 Å². The Hall–Kier alpha value is -2.56. The largest absolute Gasteiger partial charge is 0.504 e. The molecule has 17 heavy (non-hydrogen) atoms. The van der Waals surface area contributed by atoms with Crippen molar-refractivity contribution in [1.29, 1.82) is 0 Å². The van der Waals surface area contributed by atoms with Gasteiger partial charge >= 0.3 is 0 Å². The van der Waals surface area contributed by atoms with Crippen molar-refractivity contribution >= 4 is 5.65 Å². The van der Waals surface area contributed by atoms with E-state index in [0.29, 0.717) is 5.69 Å². The molecular weight excluding hydrogens is 218 g/mol. The second kappa shape index (κ2) is 3.48. The average molecular weight is 227 g/mol. The molecule has 3 aromatic rings. The molecule has 2 aromatic heterocycles. The number of aromatic hydroxyl groups is 2. The van der Waals surface area contributed by atoms with Gasteiger partial charge in [-0.2, -0.15) is 5.10 Å². The van der Waals surface area contributed by atoms with Crippen molar-refractivity contribution in [3.05, 3.63) is 42.7 Å². The van der Waals surface area contributed by atoms with Gasteiger partial charge in [-0.05, 0) is 24.3 Å². The molecule has 0 amide bonds. The number of phenols is 2. The number of hydrogen-bond acceptors (Lipinski definition) is 4. The van der Waals surface area contributed by atoms with Crippen LogP contribution in [0.15, 0.2) is 42.7 Å². The maximum absolute atomic E-state index is 9.44. The molecule has 0 aliphatic heterocycles. The molecule has 0 radical (unpaired) electrons. The summed E-state index contributed by atoms with van der Waals surface area (Å²) in [5.74, 6) is -0.295. The Labute approximate surface area is 96.6 Å². The maximum atomic E-state index is 9.44. The van der Waals surface area contributed by atoms with Crippen molar-refractivity contribution in [2.75, 3.05) is 0 Å². The van der Waals surface area contributed by atoms with E-state index in [2.05, 4.69) is 10.1 Å². The van der Waals surface area contributed by atoms with Crippen LogP contribution in [0.25, 0.3) is 16.9 Å². The van der Waals surface area contributed by atoms with E-state index < -0.39 is 0 Å². The van der Waals surface area contributed by atoms with Crippen molar-refractivity contribution in [3.8, 4) is 22.8 Å². The Bertz CT molecular complexity index is 691. The zero-order chi connectivity index (χ0) is 11.8. The summed E-state index contributed by atoms with van der Waals surface area (Å²) in [6.45, 7) is 0. The normalized spacial score (nSPS) is 10.8. The van der Waals surface area contributed by atoms with E-state index in [1.807, 2.05) is 0 Å². The van der Waals surface area contributed by atoms with E-state index in [4.69, 9.17) is 0 Å². The molecule has 5 nitrogen and oxygen atoms in total. The Morgan fingerprint density at radius 2 is 1.88 bits per heavy atom. The number of phenolic OH excluding ortho intramolecular Hbond substituents is 2. The average Bonchev–Trinajstić information content (AvgIpc) is 2.79. The third-order valence-electron chi connectivity index (χ3n) is 2.53. The van der Waals surface area contributed by atoms with Crippen LogP contribution in [-0.2, 0) is 0 Å². The van der Waals surface area contributed by atoms with E-state index in [1.165, 1.54) is 12.1 Å². The summed E-state index contributed by atoms with van der Waals surface area (Å²) in [5.41, 5.74) is 2.19. The monoisotopic (exact) mass is 227 g/mol. The smallest absolute Gasteiger partial charge is 0.158 e. The third kappa shape index (κ3) is 1.57. The summed E-state index contributed by atoms with van der Waals surface area (Å²) < 4.78 is 1.66. The minimum Gasteiger partial charge on any atom is -0.504 e. The molecule has 0 atom stereocenters. The minimum atomic E-state index is -0.155. The van der Waals surface area contributed by atoms with Crippen molar-refractivity contribution in [1.82, 2.24) is 14.6 Å². The standard InChI is InChI=1S/C12H9N3O2/c16-10-2-1-8(7-11(10)17)9-4-6-15-12(14-9)3-5-13-15/h1-7,16-17H. The summed E-state index contributed by atoms with van der Waals surface area (Å²) in [5, 5.41) is 22.7. The summed E-state index contributed by atoms with van der Waals surface area (Å²) in [6, 6.07) is 8.21. The lowest BCUT2D eigenvalue weighted by atomic mass is 10.1. The van der Waals surface area contributed by atoms with Gasteiger partial charge in [-0.15, -0.1) is 0 Å². The van der Waals surface area contributed by atoms with Gasteiger partial charge in [0.15, 0.2) is 17.1 Å². The number of nitrogens with zero attached hydrogens (tertiary/aromatic N) is 3. The van der Waals surface area contributed by atoms with Gasteiger partial charge in [0, 0.05) is 17.8 Å². The highest BCUT2D eigenvalue weighted by molar-refractivity contribution is 5.64. The lowest BCUT2D eigenvalue weighted by molar-refractivity contribution is 0.404. The topological polar surface area (TPSA) is 70.7 Å². The Kier molecular flexibility index (Phi) is 1.98. The quantitative estimate of drug-likeness (QED) is 0.622. The van der Waals surface area contributed by atoms with Crippen molar-refractivity contribution < 1.29 is 10.2 Å². The highest BCUT2D eigenvalue weighted by Gasteiger charge is 2.05. The van der Waals surface area contributed by atoms with Crippen LogP contribution in [0.3, 0.4) is 0 Å². The molecule has 84 valence electrons. The van der Waals surface area contributed by atoms with Crippen molar-refractivity contribution in [2.24, 2.45) is 0 Å². The highest BCUT2D eigenvalue weighted by atomic mass is 16.3. The van der Waals surface area contributed by atoms with Crippen LogP contribution in [0.2, 0.25) is 0 Å². The van der Waals surface area contributed by atoms with Crippen molar-refractivity contribution in [2.45, 2.75) is 0 Å². The predicted octanol–water partition coefficient (Wildman–Crippen LogP) is 1.81. The second-order valence-corrected chi connectivity index (χ2v) is 3.65. The van der Waals surface area contributed by atoms with E-state index in [-0.39, 0.29) is 11.5 Å². The van der Waals surface area contributed by atoms with E-state index in [0.717, 1.165) is 11.2 Å². The van der Waals surface area contributed by atoms with Gasteiger partial charge in [0.05, 0.1) is 11.9 Å². The molecule has 0 saturated heterocycles. The van der Waals surface area contributed by atoms with Gasteiger partial charge in [-0.25, -0.2) is 9.50 Å². The Balaban J connectivity index is 2.16. The number of benzene rings is 1. The van der Waals surface area contributed by atoms with Crippen LogP contribution in [0.4, 0.5) is 0 Å². The van der Waals surface area contributed by atoms with Gasteiger partial charge in [-0.3, -0.25) is 0 Å². The maximum Gasteiger partial charge on any atom is 0.158 e. The SMILES string of the molecule is Oc1ccc(-c2ccn3nccc3n2)cc1O. The number of hydrogen-bond donors (Lipinski definition) is 2. The zero-order valence-electron chi connectivity index (χ0n) is 8.78. The number of aromatic nitrogens is 3. The molecule has 2 heterocycles. The summed E-state index contributed by atoms with van der Waals surface area (Å²) in [6.07, 6.45) is 3.46. The molecule has 1 aromatic carbocycles. The number of rotatable bonds is 1. The van der Waals surface area contributed by atoms with Crippen LogP contribution < -0.4 is 0 Å². The van der Waals surface area contributed by atoms with Crippen molar-refractivity contribution in [3.63, 3.8) is 0 Å². The predicted molar refractivity (Wildman–Crippen MR) is 61.8 cm³/mol. The van der Waals surface area contributed by atoms with Crippen LogP contribution in [0.1, 0.15) is 0 Å². The molecule has 3 rings (SSSR count). The second-order valence-electron chi connectivity index (χ2n) is 3.65. The van der Waals surface area contributed by atoms with Crippen LogP contribution >= 0.6 is 0 Å². The Morgan fingerprint density at radius 1 is 1.00 bits per heavy atom. The fourth-order valence-electron chi connectivity index (χ4n) is 1.66. The van der Waals surface area contributed by atoms with E-state index in [9.17, 15) is 10.2 Å². The minimum absolute atomic E-state index is 0.140. The molecular formula is C12H9N3O2. The lowest BCUT2D eigenvalue weighted by Gasteiger charge is -2.03. The molecule has 5 heteroatoms. The zero-order valence-corrected chi connectivity index (χ0v) is 8.78. The summed E-state index contributed by atoms with van der Waals surface area (Å²) in [4.78, 5) is 4.38. The molecule has 0 unspecified atom stereocenters. The molecule has 0 aliphatic carbocycles. The molecule has 0 aliphatic rings. The highest BCUT2D eigenvalue weighted by Crippen LogP contribution is 2.29. The summed E-state index contributed by atoms with van der Waals surface area (Å²) >= 11 is 0. The first-order chi connectivity index (χ1) is 8.24. The molecule has 0 spiro atoms. The third-order valence-corrected chi connectivity index (χ3v) is 2.53. The van der Waals surface area contributed by atoms with Gasteiger partial charge in [-0.1, -0.05) is 0 Å². The first kappa shape index (κ1) is 9.65. The molecule has 0 fully saturated rings. The first-order valence-corrected chi connectivity index (χ1v) is 5.07. The van der Waals surface area contributed by atoms with Crippen LogP contribution in [0, 0.1) is 0 Å². The van der Waals surface area contributed by atoms with Gasteiger partial charge in [0.2, 0.25) is 0 Å². The Morgan fingerprint density at radius 3 is 2.71 bits per heavy atom.